The van der Waals surface area contributed by atoms with E-state index in [-0.39, 0.29) is 5.91 Å². The Morgan fingerprint density at radius 2 is 2.00 bits per heavy atom. The molecule has 0 saturated heterocycles. The van der Waals surface area contributed by atoms with E-state index in [4.69, 9.17) is 0 Å². The van der Waals surface area contributed by atoms with Gasteiger partial charge in [-0.25, -0.2) is 0 Å². The highest BCUT2D eigenvalue weighted by molar-refractivity contribution is 5.92. The van der Waals surface area contributed by atoms with Gasteiger partial charge in [-0.1, -0.05) is 36.8 Å². The van der Waals surface area contributed by atoms with Crippen LogP contribution >= 0.6 is 0 Å². The summed E-state index contributed by atoms with van der Waals surface area (Å²) in [6.07, 6.45) is 6.62. The van der Waals surface area contributed by atoms with Gasteiger partial charge in [0.15, 0.2) is 0 Å². The predicted molar refractivity (Wildman–Crippen MR) is 67.3 cm³/mol. The van der Waals surface area contributed by atoms with Gasteiger partial charge in [-0.15, -0.1) is 0 Å². The Kier molecular flexibility index (Phi) is 2.71. The van der Waals surface area contributed by atoms with Crippen LogP contribution in [0.15, 0.2) is 42.0 Å². The first-order chi connectivity index (χ1) is 8.34. The van der Waals surface area contributed by atoms with Crippen molar-refractivity contribution in [1.82, 2.24) is 4.90 Å². The fourth-order valence-corrected chi connectivity index (χ4v) is 2.91. The molecule has 2 heteroatoms. The van der Waals surface area contributed by atoms with E-state index in [1.807, 2.05) is 29.2 Å². The first kappa shape index (κ1) is 10.6. The van der Waals surface area contributed by atoms with E-state index in [0.717, 1.165) is 19.4 Å². The molecule has 1 aliphatic carbocycles. The minimum absolute atomic E-state index is 0.204. The standard InChI is InChI=1S/C15H17NO/c17-15-10-13-8-4-5-9-14(13)16(15)11-12-6-2-1-3-7-12/h1-3,6-7,10,14H,4-5,8-9,11H2. The van der Waals surface area contributed by atoms with Crippen molar-refractivity contribution in [3.8, 4) is 0 Å². The van der Waals surface area contributed by atoms with Crippen molar-refractivity contribution in [2.24, 2.45) is 0 Å². The van der Waals surface area contributed by atoms with Gasteiger partial charge < -0.3 is 4.90 Å². The van der Waals surface area contributed by atoms with Crippen molar-refractivity contribution >= 4 is 5.91 Å². The van der Waals surface area contributed by atoms with E-state index in [1.54, 1.807) is 0 Å². The second-order valence-corrected chi connectivity index (χ2v) is 4.93. The summed E-state index contributed by atoms with van der Waals surface area (Å²) in [7, 11) is 0. The summed E-state index contributed by atoms with van der Waals surface area (Å²) < 4.78 is 0. The number of amides is 1. The first-order valence-electron chi connectivity index (χ1n) is 6.39. The van der Waals surface area contributed by atoms with Crippen molar-refractivity contribution < 1.29 is 4.79 Å². The molecule has 1 aliphatic heterocycles. The van der Waals surface area contributed by atoms with Crippen LogP contribution in [0.5, 0.6) is 0 Å². The molecule has 17 heavy (non-hydrogen) atoms. The summed E-state index contributed by atoms with van der Waals surface area (Å²) >= 11 is 0. The molecule has 88 valence electrons. The average Bonchev–Trinajstić information content (AvgIpc) is 2.68. The average molecular weight is 227 g/mol. The zero-order chi connectivity index (χ0) is 11.7. The maximum Gasteiger partial charge on any atom is 0.247 e. The fourth-order valence-electron chi connectivity index (χ4n) is 2.91. The van der Waals surface area contributed by atoms with E-state index in [0.29, 0.717) is 6.04 Å². The third kappa shape index (κ3) is 1.99. The zero-order valence-electron chi connectivity index (χ0n) is 9.93. The van der Waals surface area contributed by atoms with Gasteiger partial charge in [0.05, 0.1) is 6.04 Å². The van der Waals surface area contributed by atoms with Crippen molar-refractivity contribution in [1.29, 1.82) is 0 Å². The number of carbonyl (C=O) groups is 1. The van der Waals surface area contributed by atoms with Crippen LogP contribution in [-0.2, 0) is 11.3 Å². The molecule has 1 fully saturated rings. The first-order valence-corrected chi connectivity index (χ1v) is 6.39. The smallest absolute Gasteiger partial charge is 0.247 e. The van der Waals surface area contributed by atoms with Crippen LogP contribution in [0.4, 0.5) is 0 Å². The van der Waals surface area contributed by atoms with E-state index in [2.05, 4.69) is 12.1 Å². The van der Waals surface area contributed by atoms with Crippen molar-refractivity contribution in [3.05, 3.63) is 47.5 Å². The number of hydrogen-bond acceptors (Lipinski definition) is 1. The molecule has 0 aromatic heterocycles. The molecule has 2 nitrogen and oxygen atoms in total. The third-order valence-electron chi connectivity index (χ3n) is 3.78. The molecule has 1 aromatic carbocycles. The van der Waals surface area contributed by atoms with Crippen LogP contribution in [0.3, 0.4) is 0 Å². The van der Waals surface area contributed by atoms with E-state index in [9.17, 15) is 4.79 Å². The summed E-state index contributed by atoms with van der Waals surface area (Å²) in [5.74, 6) is 0.204. The topological polar surface area (TPSA) is 20.3 Å². The van der Waals surface area contributed by atoms with Gasteiger partial charge in [0.2, 0.25) is 5.91 Å². The van der Waals surface area contributed by atoms with Crippen molar-refractivity contribution in [3.63, 3.8) is 0 Å². The molecule has 2 aliphatic rings. The SMILES string of the molecule is O=C1C=C2CCCCC2N1Cc1ccccc1. The van der Waals surface area contributed by atoms with Crippen molar-refractivity contribution in [2.75, 3.05) is 0 Å². The Labute approximate surface area is 102 Å². The fraction of sp³-hybridized carbons (Fsp3) is 0.400. The number of carbonyl (C=O) groups excluding carboxylic acids is 1. The quantitative estimate of drug-likeness (QED) is 0.760. The highest BCUT2D eigenvalue weighted by Gasteiger charge is 2.33. The maximum atomic E-state index is 12.0. The minimum atomic E-state index is 0.204. The van der Waals surface area contributed by atoms with E-state index < -0.39 is 0 Å². The van der Waals surface area contributed by atoms with E-state index >= 15 is 0 Å². The van der Waals surface area contributed by atoms with Gasteiger partial charge >= 0.3 is 0 Å². The lowest BCUT2D eigenvalue weighted by molar-refractivity contribution is -0.126. The molecular formula is C15H17NO. The molecule has 0 bridgehead atoms. The van der Waals surface area contributed by atoms with E-state index in [1.165, 1.54) is 24.0 Å². The van der Waals surface area contributed by atoms with Gasteiger partial charge in [0, 0.05) is 12.6 Å². The molecule has 1 aromatic rings. The van der Waals surface area contributed by atoms with Gasteiger partial charge in [0.1, 0.15) is 0 Å². The Bertz CT molecular complexity index is 449. The largest absolute Gasteiger partial charge is 0.328 e. The monoisotopic (exact) mass is 227 g/mol. The Hall–Kier alpha value is -1.57. The number of rotatable bonds is 2. The molecule has 1 unspecified atom stereocenters. The molecule has 0 radical (unpaired) electrons. The van der Waals surface area contributed by atoms with Gasteiger partial charge in [-0.05, 0) is 30.4 Å². The molecule has 1 atom stereocenters. The molecule has 3 rings (SSSR count). The molecule has 1 heterocycles. The van der Waals surface area contributed by atoms with Crippen LogP contribution in [0.2, 0.25) is 0 Å². The maximum absolute atomic E-state index is 12.0. The number of nitrogens with zero attached hydrogens (tertiary/aromatic N) is 1. The van der Waals surface area contributed by atoms with Crippen LogP contribution in [0, 0.1) is 0 Å². The molecule has 1 amide bonds. The number of fused-ring (bicyclic) bond motifs is 1. The molecular weight excluding hydrogens is 210 g/mol. The highest BCUT2D eigenvalue weighted by Crippen LogP contribution is 2.33. The summed E-state index contributed by atoms with van der Waals surface area (Å²) in [5.41, 5.74) is 2.58. The third-order valence-corrected chi connectivity index (χ3v) is 3.78. The summed E-state index contributed by atoms with van der Waals surface area (Å²) in [4.78, 5) is 14.0. The second-order valence-electron chi connectivity index (χ2n) is 4.93. The lowest BCUT2D eigenvalue weighted by Gasteiger charge is -2.30. The number of hydrogen-bond donors (Lipinski definition) is 0. The van der Waals surface area contributed by atoms with Crippen LogP contribution in [-0.4, -0.2) is 16.8 Å². The second kappa shape index (κ2) is 4.36. The summed E-state index contributed by atoms with van der Waals surface area (Å²) in [6.45, 7) is 0.754. The zero-order valence-corrected chi connectivity index (χ0v) is 9.93. The van der Waals surface area contributed by atoms with Gasteiger partial charge in [0.25, 0.3) is 0 Å². The lowest BCUT2D eigenvalue weighted by Crippen LogP contribution is -2.35. The Morgan fingerprint density at radius 1 is 1.18 bits per heavy atom. The van der Waals surface area contributed by atoms with Gasteiger partial charge in [-0.3, -0.25) is 4.79 Å². The van der Waals surface area contributed by atoms with Crippen LogP contribution in [0.25, 0.3) is 0 Å². The Morgan fingerprint density at radius 3 is 2.82 bits per heavy atom. The molecule has 0 spiro atoms. The summed E-state index contributed by atoms with van der Waals surface area (Å²) in [5, 5.41) is 0. The van der Waals surface area contributed by atoms with Gasteiger partial charge in [-0.2, -0.15) is 0 Å². The van der Waals surface area contributed by atoms with Crippen molar-refractivity contribution in [2.45, 2.75) is 38.3 Å². The predicted octanol–water partition coefficient (Wildman–Crippen LogP) is 2.90. The molecule has 0 N–H and O–H groups in total. The lowest BCUT2D eigenvalue weighted by atomic mass is 9.91. The highest BCUT2D eigenvalue weighted by atomic mass is 16.2. The minimum Gasteiger partial charge on any atom is -0.328 e. The molecule has 1 saturated carbocycles. The van der Waals surface area contributed by atoms with Crippen LogP contribution < -0.4 is 0 Å². The normalized spacial score (nSPS) is 23.5. The summed E-state index contributed by atoms with van der Waals surface area (Å²) in [6, 6.07) is 10.6. The number of benzene rings is 1. The van der Waals surface area contributed by atoms with Crippen LogP contribution in [0.1, 0.15) is 31.2 Å². The Balaban J connectivity index is 1.78.